The molecule has 0 spiro atoms. The third-order valence-electron chi connectivity index (χ3n) is 4.11. The summed E-state index contributed by atoms with van der Waals surface area (Å²) in [5.74, 6) is 0.766. The smallest absolute Gasteiger partial charge is 0.233 e. The summed E-state index contributed by atoms with van der Waals surface area (Å²) in [4.78, 5) is 23.9. The predicted molar refractivity (Wildman–Crippen MR) is 110 cm³/mol. The van der Waals surface area contributed by atoms with Crippen molar-refractivity contribution in [3.63, 3.8) is 0 Å². The molecule has 1 amide bonds. The van der Waals surface area contributed by atoms with E-state index in [4.69, 9.17) is 0 Å². The fraction of sp³-hybridized carbons (Fsp3) is 0.350. The Morgan fingerprint density at radius 3 is 2.65 bits per heavy atom. The van der Waals surface area contributed by atoms with Gasteiger partial charge in [0.1, 0.15) is 15.7 Å². The van der Waals surface area contributed by atoms with Crippen molar-refractivity contribution in [2.75, 3.05) is 0 Å². The molecule has 0 bridgehead atoms. The molecule has 3 aromatic rings. The topological polar surface area (TPSA) is 54.9 Å². The third-order valence-corrected chi connectivity index (χ3v) is 6.39. The number of thioether (sulfide) groups is 1. The van der Waals surface area contributed by atoms with E-state index in [1.807, 2.05) is 26.0 Å². The van der Waals surface area contributed by atoms with Crippen molar-refractivity contribution in [1.29, 1.82) is 0 Å². The van der Waals surface area contributed by atoms with Crippen molar-refractivity contribution >= 4 is 39.2 Å². The number of hydrogen-bond donors (Lipinski definition) is 1. The van der Waals surface area contributed by atoms with Crippen LogP contribution in [0.2, 0.25) is 0 Å². The molecule has 3 rings (SSSR count). The van der Waals surface area contributed by atoms with Gasteiger partial charge in [0.15, 0.2) is 0 Å². The Labute approximate surface area is 162 Å². The molecule has 2 heterocycles. The number of aryl methyl sites for hydroxylation is 3. The van der Waals surface area contributed by atoms with Crippen LogP contribution in [-0.4, -0.2) is 21.1 Å². The normalized spacial score (nSPS) is 12.3. The van der Waals surface area contributed by atoms with Gasteiger partial charge in [-0.2, -0.15) is 0 Å². The number of aromatic nitrogens is 2. The number of rotatable bonds is 6. The Hall–Kier alpha value is -1.92. The number of nitrogens with zero attached hydrogens (tertiary/aromatic N) is 2. The summed E-state index contributed by atoms with van der Waals surface area (Å²) >= 11 is 3.21. The zero-order valence-electron chi connectivity index (χ0n) is 15.5. The van der Waals surface area contributed by atoms with Crippen LogP contribution >= 0.6 is 23.1 Å². The molecule has 2 aromatic heterocycles. The first-order chi connectivity index (χ1) is 12.5. The number of carbonyl (C=O) groups is 1. The van der Waals surface area contributed by atoms with Gasteiger partial charge in [-0.05, 0) is 38.8 Å². The van der Waals surface area contributed by atoms with Gasteiger partial charge in [-0.1, -0.05) is 48.5 Å². The molecule has 0 radical (unpaired) electrons. The highest BCUT2D eigenvalue weighted by atomic mass is 32.2. The molecule has 4 nitrogen and oxygen atoms in total. The Morgan fingerprint density at radius 2 is 1.96 bits per heavy atom. The summed E-state index contributed by atoms with van der Waals surface area (Å²) in [6.07, 6.45) is 0.983. The first-order valence-electron chi connectivity index (χ1n) is 8.73. The van der Waals surface area contributed by atoms with Gasteiger partial charge in [0.25, 0.3) is 0 Å². The highest BCUT2D eigenvalue weighted by molar-refractivity contribution is 8.00. The van der Waals surface area contributed by atoms with E-state index in [-0.39, 0.29) is 11.2 Å². The maximum Gasteiger partial charge on any atom is 0.233 e. The van der Waals surface area contributed by atoms with Crippen LogP contribution in [-0.2, 0) is 17.8 Å². The summed E-state index contributed by atoms with van der Waals surface area (Å²) in [5.41, 5.74) is 2.32. The largest absolute Gasteiger partial charge is 0.351 e. The first-order valence-corrected chi connectivity index (χ1v) is 10.4. The Bertz CT molecular complexity index is 919. The number of amides is 1. The molecule has 0 aliphatic heterocycles. The average molecular weight is 386 g/mol. The standard InChI is InChI=1S/C20H23N3OS2/c1-5-16-10-17-19(22-14(4)23-20(17)26-16)25-13(3)18(24)21-11-15-8-6-12(2)7-9-15/h6-10,13H,5,11H2,1-4H3,(H,21,24). The number of nitrogens with one attached hydrogen (secondary N) is 1. The molecule has 1 atom stereocenters. The molecule has 0 aliphatic rings. The van der Waals surface area contributed by atoms with E-state index < -0.39 is 0 Å². The average Bonchev–Trinajstić information content (AvgIpc) is 3.04. The van der Waals surface area contributed by atoms with Crippen LogP contribution in [0.3, 0.4) is 0 Å². The summed E-state index contributed by atoms with van der Waals surface area (Å²) in [7, 11) is 0. The van der Waals surface area contributed by atoms with E-state index in [1.54, 1.807) is 11.3 Å². The number of benzene rings is 1. The zero-order chi connectivity index (χ0) is 18.7. The minimum absolute atomic E-state index is 0.0194. The van der Waals surface area contributed by atoms with Crippen LogP contribution in [0.4, 0.5) is 0 Å². The van der Waals surface area contributed by atoms with Crippen molar-refractivity contribution < 1.29 is 4.79 Å². The van der Waals surface area contributed by atoms with Crippen LogP contribution in [0.5, 0.6) is 0 Å². The summed E-state index contributed by atoms with van der Waals surface area (Å²) in [5, 5.41) is 4.74. The Balaban J connectivity index is 1.69. The van der Waals surface area contributed by atoms with Gasteiger partial charge in [-0.3, -0.25) is 4.79 Å². The number of hydrogen-bond acceptors (Lipinski definition) is 5. The van der Waals surface area contributed by atoms with Crippen LogP contribution in [0.15, 0.2) is 35.4 Å². The predicted octanol–water partition coefficient (Wildman–Crippen LogP) is 4.67. The highest BCUT2D eigenvalue weighted by Crippen LogP contribution is 2.33. The quantitative estimate of drug-likeness (QED) is 0.495. The van der Waals surface area contributed by atoms with Gasteiger partial charge in [0.05, 0.1) is 5.25 Å². The van der Waals surface area contributed by atoms with Gasteiger partial charge in [0, 0.05) is 16.8 Å². The van der Waals surface area contributed by atoms with Crippen LogP contribution in [0.1, 0.15) is 35.7 Å². The number of carbonyl (C=O) groups excluding carboxylic acids is 1. The van der Waals surface area contributed by atoms with E-state index >= 15 is 0 Å². The zero-order valence-corrected chi connectivity index (χ0v) is 17.1. The molecule has 0 saturated carbocycles. The summed E-state index contributed by atoms with van der Waals surface area (Å²) < 4.78 is 0. The number of thiophene rings is 1. The van der Waals surface area contributed by atoms with E-state index in [2.05, 4.69) is 47.3 Å². The number of fused-ring (bicyclic) bond motifs is 1. The molecule has 0 aliphatic carbocycles. The summed E-state index contributed by atoms with van der Waals surface area (Å²) in [6.45, 7) is 8.56. The van der Waals surface area contributed by atoms with Crippen molar-refractivity contribution in [2.45, 2.75) is 50.9 Å². The van der Waals surface area contributed by atoms with Crippen molar-refractivity contribution in [3.8, 4) is 0 Å². The molecule has 1 N–H and O–H groups in total. The fourth-order valence-corrected chi connectivity index (χ4v) is 4.64. The minimum atomic E-state index is -0.220. The van der Waals surface area contributed by atoms with Gasteiger partial charge in [-0.15, -0.1) is 11.3 Å². The molecule has 26 heavy (non-hydrogen) atoms. The molecular weight excluding hydrogens is 362 g/mol. The second-order valence-electron chi connectivity index (χ2n) is 6.32. The van der Waals surface area contributed by atoms with Gasteiger partial charge < -0.3 is 5.32 Å². The molecule has 0 saturated heterocycles. The van der Waals surface area contributed by atoms with Crippen molar-refractivity contribution in [1.82, 2.24) is 15.3 Å². The molecule has 6 heteroatoms. The van der Waals surface area contributed by atoms with Gasteiger partial charge >= 0.3 is 0 Å². The Kier molecular flexibility index (Phi) is 5.94. The van der Waals surface area contributed by atoms with Crippen molar-refractivity contribution in [3.05, 3.63) is 52.2 Å². The third kappa shape index (κ3) is 4.43. The van der Waals surface area contributed by atoms with E-state index in [1.165, 1.54) is 22.2 Å². The lowest BCUT2D eigenvalue weighted by molar-refractivity contribution is -0.120. The van der Waals surface area contributed by atoms with Gasteiger partial charge in [-0.25, -0.2) is 9.97 Å². The Morgan fingerprint density at radius 1 is 1.23 bits per heavy atom. The molecule has 1 aromatic carbocycles. The fourth-order valence-electron chi connectivity index (χ4n) is 2.57. The molecular formula is C20H23N3OS2. The summed E-state index contributed by atoms with van der Waals surface area (Å²) in [6, 6.07) is 10.4. The van der Waals surface area contributed by atoms with Crippen LogP contribution in [0.25, 0.3) is 10.2 Å². The molecule has 1 unspecified atom stereocenters. The van der Waals surface area contributed by atoms with E-state index in [0.717, 1.165) is 33.1 Å². The minimum Gasteiger partial charge on any atom is -0.351 e. The van der Waals surface area contributed by atoms with Crippen molar-refractivity contribution in [2.24, 2.45) is 0 Å². The second-order valence-corrected chi connectivity index (χ2v) is 8.77. The maximum absolute atomic E-state index is 12.5. The highest BCUT2D eigenvalue weighted by Gasteiger charge is 2.18. The lowest BCUT2D eigenvalue weighted by Gasteiger charge is -2.12. The first kappa shape index (κ1) is 18.9. The lowest BCUT2D eigenvalue weighted by atomic mass is 10.1. The maximum atomic E-state index is 12.5. The SMILES string of the molecule is CCc1cc2c(SC(C)C(=O)NCc3ccc(C)cc3)nc(C)nc2s1. The lowest BCUT2D eigenvalue weighted by Crippen LogP contribution is -2.30. The van der Waals surface area contributed by atoms with Gasteiger partial charge in [0.2, 0.25) is 5.91 Å². The van der Waals surface area contributed by atoms with E-state index in [0.29, 0.717) is 6.54 Å². The van der Waals surface area contributed by atoms with Crippen LogP contribution < -0.4 is 5.32 Å². The molecule has 136 valence electrons. The second kappa shape index (κ2) is 8.18. The van der Waals surface area contributed by atoms with Crippen LogP contribution in [0, 0.1) is 13.8 Å². The monoisotopic (exact) mass is 385 g/mol. The molecule has 0 fully saturated rings. The van der Waals surface area contributed by atoms with E-state index in [9.17, 15) is 4.79 Å².